The summed E-state index contributed by atoms with van der Waals surface area (Å²) >= 11 is 0. The number of rotatable bonds is 5. The normalized spacial score (nSPS) is 18.4. The number of benzene rings is 3. The number of hydrogen-bond acceptors (Lipinski definition) is 5. The van der Waals surface area contributed by atoms with E-state index >= 15 is 0 Å². The Bertz CT molecular complexity index is 1600. The molecule has 3 aromatic carbocycles. The summed E-state index contributed by atoms with van der Waals surface area (Å²) in [5.74, 6) is 0. The predicted octanol–water partition coefficient (Wildman–Crippen LogP) is 3.87. The predicted molar refractivity (Wildman–Crippen MR) is 148 cm³/mol. The third-order valence-corrected chi connectivity index (χ3v) is 7.65. The van der Waals surface area contributed by atoms with E-state index in [1.54, 1.807) is 18.5 Å². The van der Waals surface area contributed by atoms with Gasteiger partial charge < -0.3 is 9.80 Å². The van der Waals surface area contributed by atoms with Crippen molar-refractivity contribution in [3.05, 3.63) is 73.1 Å². The second-order valence-corrected chi connectivity index (χ2v) is 11.5. The van der Waals surface area contributed by atoms with Gasteiger partial charge in [0.2, 0.25) is 10.0 Å². The lowest BCUT2D eigenvalue weighted by atomic mass is 10.0. The molecule has 1 unspecified atom stereocenters. The van der Waals surface area contributed by atoms with Crippen molar-refractivity contribution >= 4 is 38.5 Å². The Labute approximate surface area is 217 Å². The number of nitrogens with zero attached hydrogens (tertiary/aromatic N) is 5. The molecule has 192 valence electrons. The Kier molecular flexibility index (Phi) is 5.65. The topological polar surface area (TPSA) is 90.8 Å². The van der Waals surface area contributed by atoms with Crippen molar-refractivity contribution in [2.75, 3.05) is 49.1 Å². The van der Waals surface area contributed by atoms with Crippen LogP contribution in [-0.4, -0.2) is 79.3 Å². The van der Waals surface area contributed by atoms with Crippen molar-refractivity contribution < 1.29 is 14.6 Å². The zero-order valence-corrected chi connectivity index (χ0v) is 21.5. The first-order valence-corrected chi connectivity index (χ1v) is 14.1. The minimum Gasteiger partial charge on any atom is -0.317 e. The van der Waals surface area contributed by atoms with Gasteiger partial charge in [-0.3, -0.25) is 14.2 Å². The number of carbonyl (C=O) groups is 1. The van der Waals surface area contributed by atoms with Crippen LogP contribution in [0.25, 0.3) is 27.8 Å². The molecule has 2 saturated heterocycles. The smallest absolute Gasteiger partial charge is 0.317 e. The highest BCUT2D eigenvalue weighted by Gasteiger charge is 2.40. The molecule has 1 N–H and O–H groups in total. The second-order valence-electron chi connectivity index (χ2n) is 9.79. The molecule has 6 rings (SSSR count). The average molecular weight is 519 g/mol. The van der Waals surface area contributed by atoms with E-state index in [4.69, 9.17) is 0 Å². The molecule has 1 aromatic heterocycles. The van der Waals surface area contributed by atoms with Crippen molar-refractivity contribution in [2.45, 2.75) is 6.04 Å². The molecule has 4 aromatic rings. The van der Waals surface area contributed by atoms with Gasteiger partial charge in [0.05, 0.1) is 29.0 Å². The third kappa shape index (κ3) is 4.54. The average Bonchev–Trinajstić information content (AvgIpc) is 3.43. The van der Waals surface area contributed by atoms with Gasteiger partial charge in [-0.05, 0) is 60.6 Å². The zero-order valence-electron chi connectivity index (χ0n) is 20.7. The molecular formula is C27H30N6O3S. The minimum absolute atomic E-state index is 0. The van der Waals surface area contributed by atoms with E-state index in [0.29, 0.717) is 12.2 Å². The van der Waals surface area contributed by atoms with Crippen LogP contribution in [0, 0.1) is 0 Å². The number of aromatic nitrogens is 2. The fourth-order valence-electron chi connectivity index (χ4n) is 5.24. The Balaban J connectivity index is 0.00000294. The number of piperazine rings is 1. The highest BCUT2D eigenvalue weighted by molar-refractivity contribution is 7.92. The maximum absolute atomic E-state index is 13.0. The lowest BCUT2D eigenvalue weighted by molar-refractivity contribution is 0.139. The van der Waals surface area contributed by atoms with Crippen LogP contribution in [0.2, 0.25) is 0 Å². The molecule has 0 bridgehead atoms. The fourth-order valence-corrected chi connectivity index (χ4v) is 5.79. The largest absolute Gasteiger partial charge is 0.324 e. The van der Waals surface area contributed by atoms with Crippen LogP contribution in [0.4, 0.5) is 16.2 Å². The Morgan fingerprint density at radius 1 is 0.946 bits per heavy atom. The van der Waals surface area contributed by atoms with Crippen LogP contribution in [0.1, 0.15) is 1.43 Å². The van der Waals surface area contributed by atoms with Gasteiger partial charge in [-0.2, -0.15) is 0 Å². The first-order valence-electron chi connectivity index (χ1n) is 12.2. The molecule has 3 heterocycles. The maximum Gasteiger partial charge on any atom is 0.324 e. The molecule has 2 fully saturated rings. The van der Waals surface area contributed by atoms with Crippen LogP contribution in [-0.2, 0) is 10.0 Å². The van der Waals surface area contributed by atoms with Crippen LogP contribution in [0.3, 0.4) is 0 Å². The number of anilines is 2. The van der Waals surface area contributed by atoms with Crippen molar-refractivity contribution in [2.24, 2.45) is 0 Å². The number of sulfonamides is 1. The van der Waals surface area contributed by atoms with E-state index in [-0.39, 0.29) is 13.5 Å². The summed E-state index contributed by atoms with van der Waals surface area (Å²) in [5, 5.41) is 0. The summed E-state index contributed by atoms with van der Waals surface area (Å²) in [6.07, 6.45) is 2.87. The fraction of sp³-hybridized carbons (Fsp3) is 0.259. The SMILES string of the molecule is CN1CCN2C(=O)N(c3ccc(-c4ccc5ncn(-c6cccc(NS(C)(=O)=O)c6)c5c4)cc3)CC2C1.[HH]. The van der Waals surface area contributed by atoms with E-state index in [0.717, 1.165) is 59.4 Å². The molecule has 9 nitrogen and oxygen atoms in total. The number of hydrogen-bond donors (Lipinski definition) is 1. The number of carbonyl (C=O) groups excluding carboxylic acids is 1. The molecule has 0 radical (unpaired) electrons. The molecule has 0 saturated carbocycles. The Morgan fingerprint density at radius 3 is 2.51 bits per heavy atom. The van der Waals surface area contributed by atoms with Crippen molar-refractivity contribution in [1.29, 1.82) is 0 Å². The van der Waals surface area contributed by atoms with Gasteiger partial charge in [-0.15, -0.1) is 0 Å². The van der Waals surface area contributed by atoms with Gasteiger partial charge in [-0.1, -0.05) is 24.3 Å². The standard InChI is InChI=1S/C27H28N6O3S.H2/c1-30-12-13-31-24(16-30)17-32(27(31)34)22-9-6-19(7-10-22)20-8-11-25-26(14-20)33(18-28-25)23-5-3-4-21(15-23)29-37(2,35)36;/h3-11,14-15,18,24,29H,12-13,16-17H2,1-2H3;1H. The number of imidazole rings is 1. The van der Waals surface area contributed by atoms with Gasteiger partial charge in [0.1, 0.15) is 6.33 Å². The van der Waals surface area contributed by atoms with Crippen LogP contribution < -0.4 is 9.62 Å². The first-order chi connectivity index (χ1) is 17.7. The second kappa shape index (κ2) is 8.89. The summed E-state index contributed by atoms with van der Waals surface area (Å²) in [7, 11) is -1.27. The van der Waals surface area contributed by atoms with Gasteiger partial charge in [0, 0.05) is 39.0 Å². The lowest BCUT2D eigenvalue weighted by Gasteiger charge is -2.33. The number of likely N-dealkylation sites (N-methyl/N-ethyl adjacent to an activating group) is 1. The molecule has 1 atom stereocenters. The number of fused-ring (bicyclic) bond motifs is 2. The van der Waals surface area contributed by atoms with Gasteiger partial charge in [0.15, 0.2) is 0 Å². The van der Waals surface area contributed by atoms with Crippen LogP contribution in [0.5, 0.6) is 0 Å². The van der Waals surface area contributed by atoms with Gasteiger partial charge in [0.25, 0.3) is 0 Å². The van der Waals surface area contributed by atoms with Crippen molar-refractivity contribution in [1.82, 2.24) is 19.4 Å². The number of amides is 2. The third-order valence-electron chi connectivity index (χ3n) is 7.04. The van der Waals surface area contributed by atoms with Gasteiger partial charge in [-0.25, -0.2) is 18.2 Å². The van der Waals surface area contributed by atoms with Crippen LogP contribution >= 0.6 is 0 Å². The zero-order chi connectivity index (χ0) is 25.7. The van der Waals surface area contributed by atoms with E-state index in [9.17, 15) is 13.2 Å². The van der Waals surface area contributed by atoms with E-state index < -0.39 is 10.0 Å². The van der Waals surface area contributed by atoms with E-state index in [1.165, 1.54) is 0 Å². The summed E-state index contributed by atoms with van der Waals surface area (Å²) in [4.78, 5) is 23.6. The number of urea groups is 1. The lowest BCUT2D eigenvalue weighted by Crippen LogP contribution is -2.50. The Morgan fingerprint density at radius 2 is 1.73 bits per heavy atom. The van der Waals surface area contributed by atoms with E-state index in [2.05, 4.69) is 27.7 Å². The quantitative estimate of drug-likeness (QED) is 0.433. The molecule has 2 aliphatic rings. The number of nitrogens with one attached hydrogen (secondary N) is 1. The van der Waals surface area contributed by atoms with Crippen molar-refractivity contribution in [3.63, 3.8) is 0 Å². The molecule has 0 spiro atoms. The highest BCUT2D eigenvalue weighted by atomic mass is 32.2. The first kappa shape index (κ1) is 23.5. The molecule has 2 amide bonds. The monoisotopic (exact) mass is 518 g/mol. The minimum atomic E-state index is -3.37. The summed E-state index contributed by atoms with van der Waals surface area (Å²) in [6.45, 7) is 3.30. The van der Waals surface area contributed by atoms with Crippen LogP contribution in [0.15, 0.2) is 73.1 Å². The van der Waals surface area contributed by atoms with E-state index in [1.807, 2.05) is 62.9 Å². The molecular weight excluding hydrogens is 488 g/mol. The molecule has 0 aliphatic carbocycles. The van der Waals surface area contributed by atoms with Gasteiger partial charge >= 0.3 is 6.03 Å². The molecule has 37 heavy (non-hydrogen) atoms. The molecule has 10 heteroatoms. The highest BCUT2D eigenvalue weighted by Crippen LogP contribution is 2.30. The van der Waals surface area contributed by atoms with Crippen molar-refractivity contribution in [3.8, 4) is 16.8 Å². The molecule has 2 aliphatic heterocycles. The summed E-state index contributed by atoms with van der Waals surface area (Å²) in [6, 6.07) is 21.7. The Hall–Kier alpha value is -3.89. The summed E-state index contributed by atoms with van der Waals surface area (Å²) in [5.41, 5.74) is 6.02. The summed E-state index contributed by atoms with van der Waals surface area (Å²) < 4.78 is 27.8. The maximum atomic E-state index is 13.0.